The normalized spacial score (nSPS) is 11.7. The molecule has 1 atom stereocenters. The van der Waals surface area contributed by atoms with Crippen LogP contribution in [0, 0.1) is 6.92 Å². The van der Waals surface area contributed by atoms with Gasteiger partial charge in [-0.05, 0) is 50.6 Å². The molecule has 0 radical (unpaired) electrons. The topological polar surface area (TPSA) is 124 Å². The number of hydrogen-bond acceptors (Lipinski definition) is 8. The maximum absolute atomic E-state index is 14.3. The molecule has 0 aliphatic heterocycles. The summed E-state index contributed by atoms with van der Waals surface area (Å²) in [4.78, 5) is 28.3. The third-order valence-electron chi connectivity index (χ3n) is 6.83. The monoisotopic (exact) mass is 613 g/mol. The highest BCUT2D eigenvalue weighted by molar-refractivity contribution is 7.92. The van der Waals surface area contributed by atoms with E-state index in [0.717, 1.165) is 15.4 Å². The Labute approximate surface area is 253 Å². The van der Waals surface area contributed by atoms with Crippen molar-refractivity contribution in [1.82, 2.24) is 10.2 Å². The number of aryl methyl sites for hydroxylation is 1. The third kappa shape index (κ3) is 7.69. The molecule has 0 bridgehead atoms. The van der Waals surface area contributed by atoms with Gasteiger partial charge in [-0.1, -0.05) is 29.8 Å². The fourth-order valence-electron chi connectivity index (χ4n) is 4.52. The molecule has 1 N–H and O–H groups in total. The molecule has 43 heavy (non-hydrogen) atoms. The first-order valence-corrected chi connectivity index (χ1v) is 15.0. The number of methoxy groups -OCH3 is 4. The number of anilines is 1. The van der Waals surface area contributed by atoms with Crippen LogP contribution in [0.3, 0.4) is 0 Å². The number of hydrogen-bond donors (Lipinski definition) is 1. The van der Waals surface area contributed by atoms with Crippen molar-refractivity contribution in [3.8, 4) is 23.0 Å². The van der Waals surface area contributed by atoms with Crippen molar-refractivity contribution >= 4 is 27.5 Å². The smallest absolute Gasteiger partial charge is 0.265 e. The molecule has 0 fully saturated rings. The van der Waals surface area contributed by atoms with Crippen molar-refractivity contribution in [2.75, 3.05) is 45.8 Å². The Morgan fingerprint density at radius 1 is 0.860 bits per heavy atom. The number of carbonyl (C=O) groups is 2. The van der Waals surface area contributed by atoms with Gasteiger partial charge in [0.25, 0.3) is 10.0 Å². The van der Waals surface area contributed by atoms with E-state index in [1.54, 1.807) is 26.0 Å². The van der Waals surface area contributed by atoms with E-state index in [4.69, 9.17) is 18.9 Å². The molecule has 0 heterocycles. The van der Waals surface area contributed by atoms with E-state index < -0.39 is 28.5 Å². The van der Waals surface area contributed by atoms with Crippen LogP contribution < -0.4 is 28.6 Å². The van der Waals surface area contributed by atoms with Gasteiger partial charge in [-0.3, -0.25) is 13.9 Å². The summed E-state index contributed by atoms with van der Waals surface area (Å²) < 4.78 is 51.1. The molecule has 1 unspecified atom stereocenters. The van der Waals surface area contributed by atoms with E-state index in [1.165, 1.54) is 57.6 Å². The van der Waals surface area contributed by atoms with Crippen molar-refractivity contribution in [1.29, 1.82) is 0 Å². The maximum atomic E-state index is 14.3. The average Bonchev–Trinajstić information content (AvgIpc) is 3.01. The predicted molar refractivity (Wildman–Crippen MR) is 163 cm³/mol. The molecule has 0 spiro atoms. The van der Waals surface area contributed by atoms with Crippen LogP contribution in [0.25, 0.3) is 0 Å². The van der Waals surface area contributed by atoms with Crippen molar-refractivity contribution in [3.05, 3.63) is 71.8 Å². The zero-order chi connectivity index (χ0) is 31.7. The molecule has 0 aliphatic carbocycles. The Hall–Kier alpha value is -4.45. The lowest BCUT2D eigenvalue weighted by atomic mass is 10.1. The van der Waals surface area contributed by atoms with Crippen molar-refractivity contribution in [3.63, 3.8) is 0 Å². The Balaban J connectivity index is 2.17. The van der Waals surface area contributed by atoms with Crippen molar-refractivity contribution < 1.29 is 37.0 Å². The fraction of sp³-hybridized carbons (Fsp3) is 0.355. The highest BCUT2D eigenvalue weighted by Crippen LogP contribution is 2.37. The van der Waals surface area contributed by atoms with Gasteiger partial charge in [0.15, 0.2) is 11.5 Å². The SMILES string of the molecule is CCNC(=O)C(C)N(Cc1cccc(C)c1)C(=O)CN(c1cc(OC)ccc1OC)S(=O)(=O)c1ccc(OC)c(OC)c1. The molecule has 12 heteroatoms. The summed E-state index contributed by atoms with van der Waals surface area (Å²) in [6.07, 6.45) is 0. The number of amides is 2. The molecule has 0 aliphatic rings. The molecular formula is C31H39N3O8S. The molecule has 0 saturated carbocycles. The number of likely N-dealkylation sites (N-methyl/N-ethyl adjacent to an activating group) is 1. The van der Waals surface area contributed by atoms with Gasteiger partial charge in [-0.25, -0.2) is 8.42 Å². The van der Waals surface area contributed by atoms with Crippen molar-refractivity contribution in [2.45, 2.75) is 38.3 Å². The van der Waals surface area contributed by atoms with E-state index in [-0.39, 0.29) is 34.5 Å². The minimum atomic E-state index is -4.42. The number of sulfonamides is 1. The summed E-state index contributed by atoms with van der Waals surface area (Å²) >= 11 is 0. The number of rotatable bonds is 14. The van der Waals surface area contributed by atoms with Crippen LogP contribution in [0.2, 0.25) is 0 Å². The van der Waals surface area contributed by atoms with Crippen LogP contribution in [0.15, 0.2) is 65.6 Å². The number of carbonyl (C=O) groups excluding carboxylic acids is 2. The molecule has 2 amide bonds. The highest BCUT2D eigenvalue weighted by Gasteiger charge is 2.34. The van der Waals surface area contributed by atoms with E-state index in [1.807, 2.05) is 31.2 Å². The zero-order valence-electron chi connectivity index (χ0n) is 25.5. The molecule has 11 nitrogen and oxygen atoms in total. The van der Waals surface area contributed by atoms with Crippen LogP contribution in [0.4, 0.5) is 5.69 Å². The molecule has 232 valence electrons. The first-order chi connectivity index (χ1) is 20.5. The first-order valence-electron chi connectivity index (χ1n) is 13.6. The van der Waals surface area contributed by atoms with Gasteiger partial charge < -0.3 is 29.2 Å². The number of ether oxygens (including phenoxy) is 4. The van der Waals surface area contributed by atoms with Gasteiger partial charge in [0.2, 0.25) is 11.8 Å². The molecule has 3 aromatic rings. The summed E-state index contributed by atoms with van der Waals surface area (Å²) in [5, 5.41) is 2.75. The van der Waals surface area contributed by atoms with Crippen LogP contribution in [0.1, 0.15) is 25.0 Å². The van der Waals surface area contributed by atoms with Gasteiger partial charge in [-0.2, -0.15) is 0 Å². The van der Waals surface area contributed by atoms with Crippen LogP contribution in [-0.4, -0.2) is 72.7 Å². The lowest BCUT2D eigenvalue weighted by Gasteiger charge is -2.32. The molecule has 0 saturated heterocycles. The van der Waals surface area contributed by atoms with E-state index in [9.17, 15) is 18.0 Å². The number of benzene rings is 3. The third-order valence-corrected chi connectivity index (χ3v) is 8.59. The Morgan fingerprint density at radius 3 is 2.14 bits per heavy atom. The second kappa shape index (κ2) is 14.6. The Kier molecular flexibility index (Phi) is 11.2. The van der Waals surface area contributed by atoms with Crippen LogP contribution in [0.5, 0.6) is 23.0 Å². The minimum Gasteiger partial charge on any atom is -0.497 e. The average molecular weight is 614 g/mol. The van der Waals surface area contributed by atoms with Gasteiger partial charge >= 0.3 is 0 Å². The molecular weight excluding hydrogens is 574 g/mol. The standard InChI is InChI=1S/C31H39N3O8S/c1-8-32-31(36)22(3)33(19-23-11-9-10-21(2)16-23)30(35)20-34(26-17-24(39-4)12-14-27(26)40-5)43(37,38)25-13-15-28(41-6)29(18-25)42-7/h9-18,22H,8,19-20H2,1-7H3,(H,32,36). The quantitative estimate of drug-likeness (QED) is 0.292. The van der Waals surface area contributed by atoms with Gasteiger partial charge in [0.05, 0.1) is 39.0 Å². The molecule has 3 rings (SSSR count). The van der Waals surface area contributed by atoms with Crippen LogP contribution >= 0.6 is 0 Å². The lowest BCUT2D eigenvalue weighted by Crippen LogP contribution is -2.51. The molecule has 0 aromatic heterocycles. The Morgan fingerprint density at radius 2 is 1.53 bits per heavy atom. The minimum absolute atomic E-state index is 0.0751. The van der Waals surface area contributed by atoms with Gasteiger partial charge in [0.1, 0.15) is 24.1 Å². The fourth-order valence-corrected chi connectivity index (χ4v) is 5.95. The lowest BCUT2D eigenvalue weighted by molar-refractivity contribution is -0.139. The van der Waals surface area contributed by atoms with Gasteiger partial charge in [0, 0.05) is 25.2 Å². The maximum Gasteiger partial charge on any atom is 0.265 e. The van der Waals surface area contributed by atoms with E-state index >= 15 is 0 Å². The predicted octanol–water partition coefficient (Wildman–Crippen LogP) is 3.78. The second-order valence-corrected chi connectivity index (χ2v) is 11.5. The summed E-state index contributed by atoms with van der Waals surface area (Å²) in [5.74, 6) is 0.107. The summed E-state index contributed by atoms with van der Waals surface area (Å²) in [6, 6.07) is 15.4. The first kappa shape index (κ1) is 33.1. The van der Waals surface area contributed by atoms with E-state index in [0.29, 0.717) is 18.0 Å². The van der Waals surface area contributed by atoms with E-state index in [2.05, 4.69) is 5.32 Å². The summed E-state index contributed by atoms with van der Waals surface area (Å²) in [6.45, 7) is 5.13. The largest absolute Gasteiger partial charge is 0.497 e. The number of nitrogens with one attached hydrogen (secondary N) is 1. The van der Waals surface area contributed by atoms with Crippen LogP contribution in [-0.2, 0) is 26.2 Å². The molecule has 3 aromatic carbocycles. The van der Waals surface area contributed by atoms with Gasteiger partial charge in [-0.15, -0.1) is 0 Å². The summed E-state index contributed by atoms with van der Waals surface area (Å²) in [5.41, 5.74) is 1.85. The zero-order valence-corrected chi connectivity index (χ0v) is 26.4. The Bertz CT molecular complexity index is 1540. The number of nitrogens with zero attached hydrogens (tertiary/aromatic N) is 2. The highest BCUT2D eigenvalue weighted by atomic mass is 32.2. The second-order valence-electron chi connectivity index (χ2n) is 9.65. The van der Waals surface area contributed by atoms with Crippen molar-refractivity contribution in [2.24, 2.45) is 0 Å². The summed E-state index contributed by atoms with van der Waals surface area (Å²) in [7, 11) is 1.26.